The van der Waals surface area contributed by atoms with Gasteiger partial charge in [-0.25, -0.2) is 0 Å². The zero-order valence-corrected chi connectivity index (χ0v) is 11.3. The molecule has 1 aromatic rings. The van der Waals surface area contributed by atoms with Gasteiger partial charge in [0.2, 0.25) is 0 Å². The monoisotopic (exact) mass is 250 g/mol. The Hall–Kier alpha value is -0.950. The molecular weight excluding hydrogens is 232 g/mol. The Labute approximate surface area is 108 Å². The first kappa shape index (κ1) is 12.5. The average Bonchev–Trinajstić information content (AvgIpc) is 2.29. The topological polar surface area (TPSA) is 9.23 Å². The maximum Gasteiger partial charge on any atom is 0.129 e. The van der Waals surface area contributed by atoms with Crippen LogP contribution in [-0.2, 0) is 0 Å². The summed E-state index contributed by atoms with van der Waals surface area (Å²) in [6, 6.07) is 8.00. The number of hydrogen-bond donors (Lipinski definition) is 0. The van der Waals surface area contributed by atoms with Gasteiger partial charge in [0.15, 0.2) is 0 Å². The van der Waals surface area contributed by atoms with Crippen LogP contribution in [-0.4, -0.2) is 5.60 Å². The van der Waals surface area contributed by atoms with Gasteiger partial charge < -0.3 is 4.74 Å². The van der Waals surface area contributed by atoms with Crippen LogP contribution < -0.4 is 4.74 Å². The third-order valence-electron chi connectivity index (χ3n) is 3.19. The van der Waals surface area contributed by atoms with Crippen LogP contribution in [0, 0.1) is 0 Å². The minimum atomic E-state index is -0.199. The van der Waals surface area contributed by atoms with Crippen molar-refractivity contribution in [2.24, 2.45) is 0 Å². The van der Waals surface area contributed by atoms with Crippen molar-refractivity contribution in [2.75, 3.05) is 0 Å². The van der Waals surface area contributed by atoms with Gasteiger partial charge in [-0.15, -0.1) is 0 Å². The second-order valence-corrected chi connectivity index (χ2v) is 5.06. The first-order chi connectivity index (χ1) is 8.21. The van der Waals surface area contributed by atoms with E-state index in [1.165, 1.54) is 0 Å². The lowest BCUT2D eigenvalue weighted by Crippen LogP contribution is -2.36. The summed E-state index contributed by atoms with van der Waals surface area (Å²) < 4.78 is 6.21. The Morgan fingerprint density at radius 3 is 2.41 bits per heavy atom. The van der Waals surface area contributed by atoms with Gasteiger partial charge >= 0.3 is 0 Å². The van der Waals surface area contributed by atoms with Gasteiger partial charge in [0, 0.05) is 5.56 Å². The highest BCUT2D eigenvalue weighted by molar-refractivity contribution is 6.49. The van der Waals surface area contributed by atoms with Crippen molar-refractivity contribution in [1.82, 2.24) is 0 Å². The normalized spacial score (nSPS) is 17.0. The lowest BCUT2D eigenvalue weighted by molar-refractivity contribution is 0.0953. The molecular formula is C15H19ClO. The summed E-state index contributed by atoms with van der Waals surface area (Å²) in [5.41, 5.74) is 0.812. The van der Waals surface area contributed by atoms with Gasteiger partial charge in [-0.2, -0.15) is 0 Å². The lowest BCUT2D eigenvalue weighted by Gasteiger charge is -2.36. The standard InChI is InChI=1S/C15H19ClO/c1-3-9-15(10-4-2)11-13(16)12-7-5-6-8-14(12)17-15/h5-8,11H,3-4,9-10H2,1-2H3. The molecule has 0 aliphatic carbocycles. The molecule has 2 rings (SSSR count). The molecule has 0 fully saturated rings. The van der Waals surface area contributed by atoms with Crippen LogP contribution in [0.5, 0.6) is 5.75 Å². The summed E-state index contributed by atoms with van der Waals surface area (Å²) in [7, 11) is 0. The van der Waals surface area contributed by atoms with Gasteiger partial charge in [-0.3, -0.25) is 0 Å². The van der Waals surface area contributed by atoms with Crippen molar-refractivity contribution in [3.05, 3.63) is 35.9 Å². The van der Waals surface area contributed by atoms with Crippen LogP contribution in [0.1, 0.15) is 45.1 Å². The van der Waals surface area contributed by atoms with Crippen LogP contribution in [0.15, 0.2) is 30.3 Å². The molecule has 1 aromatic carbocycles. The molecule has 0 radical (unpaired) electrons. The highest BCUT2D eigenvalue weighted by Crippen LogP contribution is 2.41. The predicted octanol–water partition coefficient (Wildman–Crippen LogP) is 5.00. The molecule has 0 amide bonds. The van der Waals surface area contributed by atoms with E-state index in [1.807, 2.05) is 24.3 Å². The molecule has 1 aliphatic rings. The van der Waals surface area contributed by atoms with Crippen molar-refractivity contribution in [1.29, 1.82) is 0 Å². The third kappa shape index (κ3) is 2.50. The van der Waals surface area contributed by atoms with Gasteiger partial charge in [-0.1, -0.05) is 50.4 Å². The van der Waals surface area contributed by atoms with Crippen molar-refractivity contribution < 1.29 is 4.74 Å². The van der Waals surface area contributed by atoms with Gasteiger partial charge in [0.1, 0.15) is 11.4 Å². The van der Waals surface area contributed by atoms with Crippen molar-refractivity contribution in [3.8, 4) is 5.75 Å². The SMILES string of the molecule is CCCC1(CCC)C=C(Cl)c2ccccc2O1. The molecule has 1 aliphatic heterocycles. The summed E-state index contributed by atoms with van der Waals surface area (Å²) in [6.07, 6.45) is 6.34. The number of benzene rings is 1. The summed E-state index contributed by atoms with van der Waals surface area (Å²) in [4.78, 5) is 0. The van der Waals surface area contributed by atoms with Gasteiger partial charge in [0.05, 0.1) is 5.03 Å². The molecule has 92 valence electrons. The first-order valence-electron chi connectivity index (χ1n) is 6.37. The summed E-state index contributed by atoms with van der Waals surface area (Å²) in [6.45, 7) is 4.37. The smallest absolute Gasteiger partial charge is 0.129 e. The molecule has 17 heavy (non-hydrogen) atoms. The second-order valence-electron chi connectivity index (χ2n) is 4.66. The van der Waals surface area contributed by atoms with Crippen LogP contribution in [0.4, 0.5) is 0 Å². The fraction of sp³-hybridized carbons (Fsp3) is 0.467. The van der Waals surface area contributed by atoms with Crippen molar-refractivity contribution in [2.45, 2.75) is 45.1 Å². The highest BCUT2D eigenvalue weighted by atomic mass is 35.5. The fourth-order valence-electron chi connectivity index (χ4n) is 2.53. The van der Waals surface area contributed by atoms with Gasteiger partial charge in [-0.05, 0) is 31.1 Å². The van der Waals surface area contributed by atoms with E-state index in [1.54, 1.807) is 0 Å². The van der Waals surface area contributed by atoms with E-state index in [4.69, 9.17) is 16.3 Å². The second kappa shape index (κ2) is 5.14. The molecule has 0 atom stereocenters. The number of rotatable bonds is 4. The number of hydrogen-bond acceptors (Lipinski definition) is 1. The van der Waals surface area contributed by atoms with E-state index in [0.29, 0.717) is 0 Å². The quantitative estimate of drug-likeness (QED) is 0.731. The molecule has 0 saturated heterocycles. The third-order valence-corrected chi connectivity index (χ3v) is 3.51. The van der Waals surface area contributed by atoms with E-state index < -0.39 is 0 Å². The van der Waals surface area contributed by atoms with Gasteiger partial charge in [0.25, 0.3) is 0 Å². The maximum absolute atomic E-state index is 6.38. The largest absolute Gasteiger partial charge is 0.482 e. The molecule has 0 aromatic heterocycles. The Morgan fingerprint density at radius 1 is 1.12 bits per heavy atom. The van der Waals surface area contributed by atoms with E-state index >= 15 is 0 Å². The summed E-state index contributed by atoms with van der Waals surface area (Å²) >= 11 is 6.38. The average molecular weight is 251 g/mol. The minimum absolute atomic E-state index is 0.199. The van der Waals surface area contributed by atoms with Crippen LogP contribution in [0.2, 0.25) is 0 Å². The maximum atomic E-state index is 6.38. The molecule has 0 saturated carbocycles. The molecule has 0 unspecified atom stereocenters. The van der Waals surface area contributed by atoms with E-state index in [2.05, 4.69) is 19.9 Å². The van der Waals surface area contributed by atoms with Crippen LogP contribution in [0.25, 0.3) is 5.03 Å². The summed E-state index contributed by atoms with van der Waals surface area (Å²) in [5, 5.41) is 0.828. The Morgan fingerprint density at radius 2 is 1.76 bits per heavy atom. The predicted molar refractivity (Wildman–Crippen MR) is 73.4 cm³/mol. The van der Waals surface area contributed by atoms with E-state index in [-0.39, 0.29) is 5.60 Å². The number of fused-ring (bicyclic) bond motifs is 1. The number of ether oxygens (including phenoxy) is 1. The molecule has 1 nitrogen and oxygen atoms in total. The molecule has 0 spiro atoms. The van der Waals surface area contributed by atoms with E-state index in [9.17, 15) is 0 Å². The molecule has 2 heteroatoms. The Balaban J connectivity index is 2.38. The van der Waals surface area contributed by atoms with E-state index in [0.717, 1.165) is 42.0 Å². The first-order valence-corrected chi connectivity index (χ1v) is 6.75. The zero-order valence-electron chi connectivity index (χ0n) is 10.5. The lowest BCUT2D eigenvalue weighted by atomic mass is 9.89. The Kier molecular flexibility index (Phi) is 3.78. The zero-order chi connectivity index (χ0) is 12.3. The van der Waals surface area contributed by atoms with Crippen molar-refractivity contribution in [3.63, 3.8) is 0 Å². The number of para-hydroxylation sites is 1. The molecule has 0 N–H and O–H groups in total. The van der Waals surface area contributed by atoms with Crippen LogP contribution in [0.3, 0.4) is 0 Å². The molecule has 1 heterocycles. The summed E-state index contributed by atoms with van der Waals surface area (Å²) in [5.74, 6) is 0.918. The highest BCUT2D eigenvalue weighted by Gasteiger charge is 2.33. The van der Waals surface area contributed by atoms with Crippen molar-refractivity contribution >= 4 is 16.6 Å². The minimum Gasteiger partial charge on any atom is -0.482 e. The Bertz CT molecular complexity index is 417. The van der Waals surface area contributed by atoms with Crippen LogP contribution >= 0.6 is 11.6 Å². The fourth-order valence-corrected chi connectivity index (χ4v) is 2.88. The number of halogens is 1. The molecule has 0 bridgehead atoms.